The number of carbonyl (C=O) groups excluding carboxylic acids is 2. The van der Waals surface area contributed by atoms with Gasteiger partial charge in [0, 0.05) is 23.3 Å². The quantitative estimate of drug-likeness (QED) is 0.518. The molecule has 5 nitrogen and oxygen atoms in total. The molecule has 0 bridgehead atoms. The van der Waals surface area contributed by atoms with Crippen LogP contribution in [0.3, 0.4) is 0 Å². The molecule has 2 aliphatic rings. The predicted octanol–water partition coefficient (Wildman–Crippen LogP) is 6.15. The van der Waals surface area contributed by atoms with Crippen molar-refractivity contribution >= 4 is 23.1 Å². The lowest BCUT2D eigenvalue weighted by atomic mass is 9.73. The SMILES string of the molecule is COc1cccc([C@H]2C3=C(CC(C)(C)CC3=O)Nc3ccccc3N2C(=O)c2ccccc2)c1. The van der Waals surface area contributed by atoms with Crippen molar-refractivity contribution in [2.24, 2.45) is 5.41 Å². The first-order chi connectivity index (χ1) is 16.4. The first-order valence-electron chi connectivity index (χ1n) is 11.5. The molecule has 1 atom stereocenters. The zero-order valence-electron chi connectivity index (χ0n) is 19.7. The van der Waals surface area contributed by atoms with Gasteiger partial charge in [0.05, 0.1) is 24.5 Å². The minimum absolute atomic E-state index is 0.0604. The Morgan fingerprint density at radius 2 is 1.71 bits per heavy atom. The highest BCUT2D eigenvalue weighted by Gasteiger charge is 2.43. The van der Waals surface area contributed by atoms with E-state index in [0.29, 0.717) is 23.3 Å². The van der Waals surface area contributed by atoms with Crippen molar-refractivity contribution < 1.29 is 14.3 Å². The molecular formula is C29H28N2O3. The molecule has 1 aliphatic carbocycles. The van der Waals surface area contributed by atoms with Gasteiger partial charge in [-0.05, 0) is 53.8 Å². The number of fused-ring (bicyclic) bond motifs is 1. The van der Waals surface area contributed by atoms with Gasteiger partial charge in [-0.15, -0.1) is 0 Å². The second-order valence-corrected chi connectivity index (χ2v) is 9.70. The van der Waals surface area contributed by atoms with E-state index in [1.54, 1.807) is 12.0 Å². The average molecular weight is 453 g/mol. The summed E-state index contributed by atoms with van der Waals surface area (Å²) in [6.07, 6.45) is 1.15. The first-order valence-corrected chi connectivity index (χ1v) is 11.5. The number of hydrogen-bond acceptors (Lipinski definition) is 4. The number of nitrogens with zero attached hydrogens (tertiary/aromatic N) is 1. The topological polar surface area (TPSA) is 58.6 Å². The van der Waals surface area contributed by atoms with Crippen molar-refractivity contribution in [3.05, 3.63) is 101 Å². The van der Waals surface area contributed by atoms with Gasteiger partial charge >= 0.3 is 0 Å². The maximum atomic E-state index is 14.1. The Balaban J connectivity index is 1.80. The summed E-state index contributed by atoms with van der Waals surface area (Å²) in [6, 6.07) is 24.1. The Hall–Kier alpha value is -3.86. The van der Waals surface area contributed by atoms with E-state index in [4.69, 9.17) is 4.74 Å². The molecule has 0 saturated carbocycles. The number of allylic oxidation sites excluding steroid dienone is 1. The van der Waals surface area contributed by atoms with Crippen LogP contribution in [-0.4, -0.2) is 18.8 Å². The molecule has 172 valence electrons. The molecular weight excluding hydrogens is 424 g/mol. The fraction of sp³-hybridized carbons (Fsp3) is 0.241. The van der Waals surface area contributed by atoms with Crippen LogP contribution in [-0.2, 0) is 4.79 Å². The summed E-state index contributed by atoms with van der Waals surface area (Å²) in [6.45, 7) is 4.22. The van der Waals surface area contributed by atoms with Crippen LogP contribution >= 0.6 is 0 Å². The van der Waals surface area contributed by atoms with E-state index >= 15 is 0 Å². The van der Waals surface area contributed by atoms with Gasteiger partial charge in [0.15, 0.2) is 5.78 Å². The summed E-state index contributed by atoms with van der Waals surface area (Å²) >= 11 is 0. The summed E-state index contributed by atoms with van der Waals surface area (Å²) in [5.74, 6) is 0.583. The van der Waals surface area contributed by atoms with Gasteiger partial charge in [-0.25, -0.2) is 0 Å². The molecule has 3 aromatic carbocycles. The first kappa shape index (κ1) is 22.0. The van der Waals surface area contributed by atoms with Gasteiger partial charge in [0.25, 0.3) is 5.91 Å². The van der Waals surface area contributed by atoms with Crippen molar-refractivity contribution in [2.45, 2.75) is 32.7 Å². The van der Waals surface area contributed by atoms with Crippen LogP contribution < -0.4 is 15.0 Å². The molecule has 0 fully saturated rings. The second-order valence-electron chi connectivity index (χ2n) is 9.70. The van der Waals surface area contributed by atoms with Crippen molar-refractivity contribution in [1.29, 1.82) is 0 Å². The molecule has 1 amide bonds. The number of amides is 1. The van der Waals surface area contributed by atoms with E-state index in [0.717, 1.165) is 29.1 Å². The third-order valence-electron chi connectivity index (χ3n) is 6.55. The molecule has 0 radical (unpaired) electrons. The Morgan fingerprint density at radius 3 is 2.47 bits per heavy atom. The van der Waals surface area contributed by atoms with Crippen LogP contribution in [0, 0.1) is 5.41 Å². The van der Waals surface area contributed by atoms with E-state index < -0.39 is 6.04 Å². The van der Waals surface area contributed by atoms with Gasteiger partial charge in [-0.1, -0.05) is 56.3 Å². The molecule has 1 N–H and O–H groups in total. The van der Waals surface area contributed by atoms with E-state index in [1.165, 1.54) is 0 Å². The number of rotatable bonds is 3. The van der Waals surface area contributed by atoms with E-state index in [2.05, 4.69) is 19.2 Å². The number of ketones is 1. The Labute approximate surface area is 200 Å². The zero-order chi connectivity index (χ0) is 23.9. The van der Waals surface area contributed by atoms with Crippen LogP contribution in [0.4, 0.5) is 11.4 Å². The third-order valence-corrected chi connectivity index (χ3v) is 6.55. The second kappa shape index (κ2) is 8.49. The maximum Gasteiger partial charge on any atom is 0.259 e. The fourth-order valence-electron chi connectivity index (χ4n) is 5.06. The fourth-order valence-corrected chi connectivity index (χ4v) is 5.06. The molecule has 0 saturated heterocycles. The largest absolute Gasteiger partial charge is 0.497 e. The monoisotopic (exact) mass is 452 g/mol. The van der Waals surface area contributed by atoms with Crippen molar-refractivity contribution in [1.82, 2.24) is 0 Å². The number of Topliss-reactive ketones (excluding diaryl/α,β-unsaturated/α-hetero) is 1. The standard InChI is InChI=1S/C29H28N2O3/c1-29(2)17-23-26(25(32)18-29)27(20-12-9-13-21(16-20)34-3)31(24-15-8-7-14-22(24)30-23)28(33)19-10-5-4-6-11-19/h4-16,27,30H,17-18H2,1-3H3/t27-/m0/s1. The molecule has 0 aromatic heterocycles. The van der Waals surface area contributed by atoms with E-state index in [9.17, 15) is 9.59 Å². The summed E-state index contributed by atoms with van der Waals surface area (Å²) < 4.78 is 5.50. The summed E-state index contributed by atoms with van der Waals surface area (Å²) in [5.41, 5.74) is 4.31. The van der Waals surface area contributed by atoms with Gasteiger partial charge in [-0.3, -0.25) is 14.5 Å². The number of hydrogen-bond donors (Lipinski definition) is 1. The molecule has 0 spiro atoms. The zero-order valence-corrected chi connectivity index (χ0v) is 19.7. The van der Waals surface area contributed by atoms with Gasteiger partial charge < -0.3 is 10.1 Å². The summed E-state index contributed by atoms with van der Waals surface area (Å²) in [7, 11) is 1.62. The normalized spacial score (nSPS) is 19.0. The average Bonchev–Trinajstić information content (AvgIpc) is 2.97. The van der Waals surface area contributed by atoms with Crippen molar-refractivity contribution in [3.63, 3.8) is 0 Å². The molecule has 5 heteroatoms. The lowest BCUT2D eigenvalue weighted by molar-refractivity contribution is -0.118. The van der Waals surface area contributed by atoms with Crippen molar-refractivity contribution in [2.75, 3.05) is 17.3 Å². The van der Waals surface area contributed by atoms with Gasteiger partial charge in [0.2, 0.25) is 0 Å². The highest BCUT2D eigenvalue weighted by atomic mass is 16.5. The highest BCUT2D eigenvalue weighted by molar-refractivity contribution is 6.12. The molecule has 5 rings (SSSR count). The number of anilines is 2. The van der Waals surface area contributed by atoms with Gasteiger partial charge in [-0.2, -0.15) is 0 Å². The number of carbonyl (C=O) groups is 2. The van der Waals surface area contributed by atoms with Crippen LogP contribution in [0.15, 0.2) is 90.1 Å². The number of para-hydroxylation sites is 2. The molecule has 1 heterocycles. The number of methoxy groups -OCH3 is 1. The number of benzene rings is 3. The Kier molecular flexibility index (Phi) is 5.48. The van der Waals surface area contributed by atoms with E-state index in [-0.39, 0.29) is 17.1 Å². The molecule has 3 aromatic rings. The van der Waals surface area contributed by atoms with Crippen LogP contribution in [0.1, 0.15) is 48.7 Å². The molecule has 34 heavy (non-hydrogen) atoms. The number of nitrogens with one attached hydrogen (secondary N) is 1. The number of ether oxygens (including phenoxy) is 1. The van der Waals surface area contributed by atoms with Crippen LogP contribution in [0.5, 0.6) is 5.75 Å². The third kappa shape index (κ3) is 3.87. The highest BCUT2D eigenvalue weighted by Crippen LogP contribution is 2.48. The minimum atomic E-state index is -0.586. The maximum absolute atomic E-state index is 14.1. The van der Waals surface area contributed by atoms with E-state index in [1.807, 2.05) is 78.9 Å². The lowest BCUT2D eigenvalue weighted by Crippen LogP contribution is -2.39. The Morgan fingerprint density at radius 1 is 0.971 bits per heavy atom. The van der Waals surface area contributed by atoms with Crippen LogP contribution in [0.2, 0.25) is 0 Å². The predicted molar refractivity (Wildman–Crippen MR) is 134 cm³/mol. The smallest absolute Gasteiger partial charge is 0.259 e. The van der Waals surface area contributed by atoms with Crippen molar-refractivity contribution in [3.8, 4) is 5.75 Å². The Bertz CT molecular complexity index is 1290. The minimum Gasteiger partial charge on any atom is -0.497 e. The lowest BCUT2D eigenvalue weighted by Gasteiger charge is -2.37. The molecule has 0 unspecified atom stereocenters. The molecule has 1 aliphatic heterocycles. The van der Waals surface area contributed by atoms with Gasteiger partial charge in [0.1, 0.15) is 5.75 Å². The summed E-state index contributed by atoms with van der Waals surface area (Å²) in [4.78, 5) is 29.6. The van der Waals surface area contributed by atoms with Crippen LogP contribution in [0.25, 0.3) is 0 Å². The summed E-state index contributed by atoms with van der Waals surface area (Å²) in [5, 5.41) is 3.55.